The summed E-state index contributed by atoms with van der Waals surface area (Å²) in [6.45, 7) is 0.0615. The highest BCUT2D eigenvalue weighted by atomic mass is 79.9. The fourth-order valence-corrected chi connectivity index (χ4v) is 3.76. The molecule has 0 aliphatic rings. The molecule has 0 saturated heterocycles. The Morgan fingerprint density at radius 2 is 2.21 bits per heavy atom. The lowest BCUT2D eigenvalue weighted by Crippen LogP contribution is -2.23. The van der Waals surface area contributed by atoms with Gasteiger partial charge in [-0.05, 0) is 33.6 Å². The third kappa shape index (κ3) is 3.83. The van der Waals surface area contributed by atoms with E-state index in [1.54, 1.807) is 0 Å². The van der Waals surface area contributed by atoms with Crippen LogP contribution in [0.3, 0.4) is 0 Å². The first-order chi connectivity index (χ1) is 9.01. The summed E-state index contributed by atoms with van der Waals surface area (Å²) < 4.78 is 27.3. The number of hydrogen-bond donors (Lipinski definition) is 2. The van der Waals surface area contributed by atoms with Crippen LogP contribution in [-0.2, 0) is 23.2 Å². The van der Waals surface area contributed by atoms with Crippen molar-refractivity contribution in [1.82, 2.24) is 9.71 Å². The summed E-state index contributed by atoms with van der Waals surface area (Å²) in [5, 5.41) is 10.7. The van der Waals surface area contributed by atoms with Crippen LogP contribution in [0, 0.1) is 0 Å². The second-order valence-corrected chi connectivity index (χ2v) is 7.34. The van der Waals surface area contributed by atoms with Gasteiger partial charge in [-0.15, -0.1) is 11.3 Å². The zero-order valence-electron chi connectivity index (χ0n) is 9.71. The molecule has 2 aromatic heterocycles. The Morgan fingerprint density at radius 3 is 2.74 bits per heavy atom. The molecule has 2 rings (SSSR count). The molecule has 2 heterocycles. The first-order valence-corrected chi connectivity index (χ1v) is 8.45. The van der Waals surface area contributed by atoms with Gasteiger partial charge in [0.05, 0.1) is 6.61 Å². The lowest BCUT2D eigenvalue weighted by molar-refractivity contribution is 0.281. The topological polar surface area (TPSA) is 79.3 Å². The van der Waals surface area contributed by atoms with E-state index in [0.29, 0.717) is 5.56 Å². The Labute approximate surface area is 123 Å². The minimum absolute atomic E-state index is 0.0553. The molecular formula is C11H11BrN2O3S2. The molecule has 0 bridgehead atoms. The van der Waals surface area contributed by atoms with Gasteiger partial charge in [0.1, 0.15) is 0 Å². The number of rotatable bonds is 5. The predicted molar refractivity (Wildman–Crippen MR) is 76.2 cm³/mol. The van der Waals surface area contributed by atoms with E-state index in [0.717, 1.165) is 9.35 Å². The molecule has 8 heteroatoms. The molecule has 19 heavy (non-hydrogen) atoms. The highest BCUT2D eigenvalue weighted by molar-refractivity contribution is 9.10. The standard InChI is InChI=1S/C11H11BrN2O3S2/c12-9-3-10(18-7-9)5-14-19(16,17)11-2-1-8(6-15)4-13-11/h1-4,7,14-15H,5-6H2. The Morgan fingerprint density at radius 1 is 1.42 bits per heavy atom. The van der Waals surface area contributed by atoms with E-state index in [4.69, 9.17) is 5.11 Å². The van der Waals surface area contributed by atoms with E-state index in [1.165, 1.54) is 29.7 Å². The van der Waals surface area contributed by atoms with Gasteiger partial charge in [0, 0.05) is 27.5 Å². The Hall–Kier alpha value is -0.800. The maximum Gasteiger partial charge on any atom is 0.258 e. The number of halogens is 1. The van der Waals surface area contributed by atoms with E-state index in [9.17, 15) is 8.42 Å². The van der Waals surface area contributed by atoms with Crippen LogP contribution in [0.1, 0.15) is 10.4 Å². The highest BCUT2D eigenvalue weighted by Crippen LogP contribution is 2.20. The summed E-state index contributed by atoms with van der Waals surface area (Å²) in [6.07, 6.45) is 1.34. The lowest BCUT2D eigenvalue weighted by Gasteiger charge is -2.05. The zero-order valence-corrected chi connectivity index (χ0v) is 12.9. The van der Waals surface area contributed by atoms with Crippen LogP contribution in [0.2, 0.25) is 0 Å². The molecule has 0 spiro atoms. The molecule has 2 N–H and O–H groups in total. The van der Waals surface area contributed by atoms with Crippen LogP contribution >= 0.6 is 27.3 Å². The summed E-state index contributed by atoms with van der Waals surface area (Å²) in [5.41, 5.74) is 0.570. The highest BCUT2D eigenvalue weighted by Gasteiger charge is 2.15. The van der Waals surface area contributed by atoms with Crippen molar-refractivity contribution in [2.75, 3.05) is 0 Å². The summed E-state index contributed by atoms with van der Waals surface area (Å²) in [5.74, 6) is 0. The van der Waals surface area contributed by atoms with Crippen LogP contribution in [-0.4, -0.2) is 18.5 Å². The number of pyridine rings is 1. The van der Waals surface area contributed by atoms with Crippen LogP contribution < -0.4 is 4.72 Å². The van der Waals surface area contributed by atoms with E-state index < -0.39 is 10.0 Å². The maximum absolute atomic E-state index is 12.0. The first kappa shape index (κ1) is 14.6. The fourth-order valence-electron chi connectivity index (χ4n) is 1.35. The van der Waals surface area contributed by atoms with Crippen molar-refractivity contribution in [3.05, 3.63) is 44.7 Å². The van der Waals surface area contributed by atoms with Crippen molar-refractivity contribution in [3.8, 4) is 0 Å². The van der Waals surface area contributed by atoms with Crippen molar-refractivity contribution in [1.29, 1.82) is 0 Å². The molecule has 0 aliphatic heterocycles. The number of aliphatic hydroxyl groups excluding tert-OH is 1. The van der Waals surface area contributed by atoms with Crippen molar-refractivity contribution in [3.63, 3.8) is 0 Å². The minimum atomic E-state index is -3.63. The number of thiophene rings is 1. The van der Waals surface area contributed by atoms with Crippen LogP contribution in [0.25, 0.3) is 0 Å². The summed E-state index contributed by atoms with van der Waals surface area (Å²) in [7, 11) is -3.63. The molecule has 0 aliphatic carbocycles. The van der Waals surface area contributed by atoms with Gasteiger partial charge in [0.25, 0.3) is 10.0 Å². The SMILES string of the molecule is O=S(=O)(NCc1cc(Br)cs1)c1ccc(CO)cn1. The second kappa shape index (κ2) is 6.10. The number of sulfonamides is 1. The molecule has 5 nitrogen and oxygen atoms in total. The Kier molecular flexibility index (Phi) is 4.69. The molecule has 0 amide bonds. The smallest absolute Gasteiger partial charge is 0.258 e. The number of nitrogens with zero attached hydrogens (tertiary/aromatic N) is 1. The van der Waals surface area contributed by atoms with Crippen molar-refractivity contribution < 1.29 is 13.5 Å². The van der Waals surface area contributed by atoms with Gasteiger partial charge in [-0.25, -0.2) is 18.1 Å². The maximum atomic E-state index is 12.0. The largest absolute Gasteiger partial charge is 0.392 e. The number of aromatic nitrogens is 1. The third-order valence-corrected chi connectivity index (χ3v) is 5.33. The lowest BCUT2D eigenvalue weighted by atomic mass is 10.3. The average Bonchev–Trinajstić information content (AvgIpc) is 2.82. The van der Waals surface area contributed by atoms with E-state index in [-0.39, 0.29) is 18.2 Å². The first-order valence-electron chi connectivity index (χ1n) is 5.29. The van der Waals surface area contributed by atoms with Gasteiger partial charge in [-0.1, -0.05) is 6.07 Å². The van der Waals surface area contributed by atoms with Gasteiger partial charge in [-0.2, -0.15) is 0 Å². The molecule has 2 aromatic rings. The van der Waals surface area contributed by atoms with Crippen molar-refractivity contribution >= 4 is 37.3 Å². The minimum Gasteiger partial charge on any atom is -0.392 e. The van der Waals surface area contributed by atoms with Crippen LogP contribution in [0.5, 0.6) is 0 Å². The zero-order chi connectivity index (χ0) is 13.9. The van der Waals surface area contributed by atoms with E-state index in [1.807, 2.05) is 11.4 Å². The normalized spacial score (nSPS) is 11.7. The Bertz CT molecular complexity index is 653. The molecule has 0 saturated carbocycles. The summed E-state index contributed by atoms with van der Waals surface area (Å²) in [6, 6.07) is 4.76. The fraction of sp³-hybridized carbons (Fsp3) is 0.182. The van der Waals surface area contributed by atoms with Crippen molar-refractivity contribution in [2.45, 2.75) is 18.2 Å². The Balaban J connectivity index is 2.09. The van der Waals surface area contributed by atoms with Crippen LogP contribution in [0.4, 0.5) is 0 Å². The molecule has 0 atom stereocenters. The quantitative estimate of drug-likeness (QED) is 0.850. The average molecular weight is 363 g/mol. The molecule has 0 unspecified atom stereocenters. The molecule has 102 valence electrons. The van der Waals surface area contributed by atoms with Crippen LogP contribution in [0.15, 0.2) is 39.3 Å². The molecule has 0 radical (unpaired) electrons. The van der Waals surface area contributed by atoms with Gasteiger partial charge >= 0.3 is 0 Å². The van der Waals surface area contributed by atoms with Gasteiger partial charge in [0.2, 0.25) is 0 Å². The molecular weight excluding hydrogens is 352 g/mol. The second-order valence-electron chi connectivity index (χ2n) is 3.72. The monoisotopic (exact) mass is 362 g/mol. The summed E-state index contributed by atoms with van der Waals surface area (Å²) >= 11 is 4.77. The number of nitrogens with one attached hydrogen (secondary N) is 1. The third-order valence-electron chi connectivity index (χ3n) is 2.31. The van der Waals surface area contributed by atoms with E-state index in [2.05, 4.69) is 25.6 Å². The van der Waals surface area contributed by atoms with Crippen molar-refractivity contribution in [2.24, 2.45) is 0 Å². The number of aliphatic hydroxyl groups is 1. The molecule has 0 fully saturated rings. The van der Waals surface area contributed by atoms with Gasteiger partial charge in [0.15, 0.2) is 5.03 Å². The summed E-state index contributed by atoms with van der Waals surface area (Å²) in [4.78, 5) is 4.73. The predicted octanol–water partition coefficient (Wildman–Crippen LogP) is 1.88. The molecule has 0 aromatic carbocycles. The number of hydrogen-bond acceptors (Lipinski definition) is 5. The van der Waals surface area contributed by atoms with Gasteiger partial charge in [-0.3, -0.25) is 0 Å². The van der Waals surface area contributed by atoms with Gasteiger partial charge < -0.3 is 5.11 Å². The van der Waals surface area contributed by atoms with E-state index >= 15 is 0 Å².